The van der Waals surface area contributed by atoms with E-state index in [0.717, 1.165) is 17.3 Å². The number of aromatic nitrogens is 2. The molecule has 1 amide bonds. The van der Waals surface area contributed by atoms with Crippen LogP contribution in [0.15, 0.2) is 33.8 Å². The summed E-state index contributed by atoms with van der Waals surface area (Å²) in [5.74, 6) is 0.554. The predicted octanol–water partition coefficient (Wildman–Crippen LogP) is 3.49. The molecule has 2 saturated carbocycles. The molecule has 0 spiro atoms. The van der Waals surface area contributed by atoms with Crippen molar-refractivity contribution in [3.8, 4) is 0 Å². The number of amides is 1. The summed E-state index contributed by atoms with van der Waals surface area (Å²) >= 11 is 3.38. The zero-order valence-electron chi connectivity index (χ0n) is 15.4. The summed E-state index contributed by atoms with van der Waals surface area (Å²) in [4.78, 5) is 29.6. The Balaban J connectivity index is 1.54. The average molecular weight is 418 g/mol. The van der Waals surface area contributed by atoms with Crippen molar-refractivity contribution in [2.75, 3.05) is 0 Å². The first kappa shape index (κ1) is 17.7. The molecule has 3 atom stereocenters. The Kier molecular flexibility index (Phi) is 4.03. The van der Waals surface area contributed by atoms with Crippen LogP contribution in [0.25, 0.3) is 10.9 Å². The van der Waals surface area contributed by atoms with Crippen LogP contribution in [0.4, 0.5) is 0 Å². The third-order valence-corrected chi connectivity index (χ3v) is 7.72. The van der Waals surface area contributed by atoms with Gasteiger partial charge in [0.05, 0.1) is 17.2 Å². The minimum Gasteiger partial charge on any atom is -0.351 e. The molecule has 138 valence electrons. The van der Waals surface area contributed by atoms with Crippen LogP contribution in [0.1, 0.15) is 40.0 Å². The van der Waals surface area contributed by atoms with Crippen LogP contribution >= 0.6 is 15.9 Å². The van der Waals surface area contributed by atoms with Gasteiger partial charge in [0.2, 0.25) is 5.91 Å². The maximum absolute atomic E-state index is 12.7. The van der Waals surface area contributed by atoms with E-state index < -0.39 is 0 Å². The van der Waals surface area contributed by atoms with Crippen molar-refractivity contribution in [3.63, 3.8) is 0 Å². The molecule has 26 heavy (non-hydrogen) atoms. The second kappa shape index (κ2) is 5.91. The summed E-state index contributed by atoms with van der Waals surface area (Å²) < 4.78 is 2.22. The Morgan fingerprint density at radius 3 is 2.81 bits per heavy atom. The first-order valence-corrected chi connectivity index (χ1v) is 9.96. The number of hydrogen-bond donors (Lipinski definition) is 1. The molecule has 0 radical (unpaired) electrons. The number of rotatable bonds is 3. The Bertz CT molecular complexity index is 952. The van der Waals surface area contributed by atoms with Gasteiger partial charge in [0, 0.05) is 10.5 Å². The standard InChI is InChI=1S/C20H24BrN3O2/c1-19(2)12-6-7-20(19,3)16(8-12)23-17(25)10-24-11-22-15-5-4-13(21)9-14(15)18(24)26/h4-5,9,11-12,16H,6-8,10H2,1-3H3,(H,23,25). The maximum Gasteiger partial charge on any atom is 0.261 e. The molecule has 1 aromatic carbocycles. The summed E-state index contributed by atoms with van der Waals surface area (Å²) in [7, 11) is 0. The molecule has 1 heterocycles. The summed E-state index contributed by atoms with van der Waals surface area (Å²) in [5, 5.41) is 3.72. The molecule has 2 aliphatic carbocycles. The number of carbonyl (C=O) groups is 1. The Morgan fingerprint density at radius 2 is 2.15 bits per heavy atom. The highest BCUT2D eigenvalue weighted by molar-refractivity contribution is 9.10. The number of nitrogens with zero attached hydrogens (tertiary/aromatic N) is 2. The van der Waals surface area contributed by atoms with Crippen molar-refractivity contribution >= 4 is 32.7 Å². The lowest BCUT2D eigenvalue weighted by Crippen LogP contribution is -2.48. The van der Waals surface area contributed by atoms with Gasteiger partial charge in [-0.3, -0.25) is 14.2 Å². The van der Waals surface area contributed by atoms with Gasteiger partial charge >= 0.3 is 0 Å². The topological polar surface area (TPSA) is 64.0 Å². The lowest BCUT2D eigenvalue weighted by molar-refractivity contribution is -0.123. The normalized spacial score (nSPS) is 29.2. The molecular weight excluding hydrogens is 394 g/mol. The highest BCUT2D eigenvalue weighted by Crippen LogP contribution is 2.65. The monoisotopic (exact) mass is 417 g/mol. The Hall–Kier alpha value is -1.69. The van der Waals surface area contributed by atoms with Crippen LogP contribution < -0.4 is 10.9 Å². The molecule has 1 N–H and O–H groups in total. The third kappa shape index (κ3) is 2.53. The minimum atomic E-state index is -0.189. The minimum absolute atomic E-state index is 0.00591. The molecule has 5 nitrogen and oxygen atoms in total. The number of fused-ring (bicyclic) bond motifs is 3. The van der Waals surface area contributed by atoms with E-state index in [2.05, 4.69) is 47.0 Å². The molecular formula is C20H24BrN3O2. The van der Waals surface area contributed by atoms with Gasteiger partial charge in [0.15, 0.2) is 0 Å². The van der Waals surface area contributed by atoms with Gasteiger partial charge in [0.1, 0.15) is 6.54 Å². The molecule has 0 saturated heterocycles. The molecule has 1 aromatic heterocycles. The van der Waals surface area contributed by atoms with E-state index in [-0.39, 0.29) is 34.9 Å². The summed E-state index contributed by atoms with van der Waals surface area (Å²) in [6.07, 6.45) is 4.90. The molecule has 2 aromatic rings. The quantitative estimate of drug-likeness (QED) is 0.830. The van der Waals surface area contributed by atoms with Gasteiger partial charge in [-0.05, 0) is 54.2 Å². The molecule has 6 heteroatoms. The van der Waals surface area contributed by atoms with Gasteiger partial charge in [-0.15, -0.1) is 0 Å². The first-order valence-electron chi connectivity index (χ1n) is 9.16. The zero-order valence-corrected chi connectivity index (χ0v) is 17.0. The fraction of sp³-hybridized carbons (Fsp3) is 0.550. The number of benzene rings is 1. The smallest absolute Gasteiger partial charge is 0.261 e. The summed E-state index contributed by atoms with van der Waals surface area (Å²) in [6, 6.07) is 5.58. The van der Waals surface area contributed by atoms with E-state index >= 15 is 0 Å². The summed E-state index contributed by atoms with van der Waals surface area (Å²) in [6.45, 7) is 6.96. The second-order valence-corrected chi connectivity index (χ2v) is 9.49. The van der Waals surface area contributed by atoms with E-state index in [1.54, 1.807) is 12.1 Å². The van der Waals surface area contributed by atoms with Crippen LogP contribution in [0, 0.1) is 16.7 Å². The average Bonchev–Trinajstić information content (AvgIpc) is 2.91. The van der Waals surface area contributed by atoms with Crippen LogP contribution in [0.2, 0.25) is 0 Å². The third-order valence-electron chi connectivity index (χ3n) is 7.23. The molecule has 0 aliphatic heterocycles. The van der Waals surface area contributed by atoms with Crippen LogP contribution in [0.3, 0.4) is 0 Å². The van der Waals surface area contributed by atoms with Gasteiger partial charge in [-0.2, -0.15) is 0 Å². The van der Waals surface area contributed by atoms with Gasteiger partial charge in [-0.1, -0.05) is 36.7 Å². The SMILES string of the molecule is CC1(C)C2CCC1(C)C(NC(=O)Cn1cnc3ccc(Br)cc3c1=O)C2. The van der Waals surface area contributed by atoms with Crippen LogP contribution in [-0.4, -0.2) is 21.5 Å². The van der Waals surface area contributed by atoms with E-state index in [1.807, 2.05) is 6.07 Å². The predicted molar refractivity (Wildman–Crippen MR) is 105 cm³/mol. The molecule has 2 fully saturated rings. The van der Waals surface area contributed by atoms with Gasteiger partial charge in [-0.25, -0.2) is 4.98 Å². The van der Waals surface area contributed by atoms with Crippen molar-refractivity contribution in [1.29, 1.82) is 0 Å². The second-order valence-electron chi connectivity index (χ2n) is 8.57. The fourth-order valence-corrected chi connectivity index (χ4v) is 5.42. The number of hydrogen-bond acceptors (Lipinski definition) is 3. The van der Waals surface area contributed by atoms with Crippen molar-refractivity contribution in [3.05, 3.63) is 39.4 Å². The van der Waals surface area contributed by atoms with E-state index in [1.165, 1.54) is 17.3 Å². The fourth-order valence-electron chi connectivity index (χ4n) is 5.06. The van der Waals surface area contributed by atoms with E-state index in [0.29, 0.717) is 16.8 Å². The molecule has 2 aliphatic rings. The van der Waals surface area contributed by atoms with Crippen molar-refractivity contribution < 1.29 is 4.79 Å². The van der Waals surface area contributed by atoms with Crippen molar-refractivity contribution in [2.24, 2.45) is 16.7 Å². The van der Waals surface area contributed by atoms with Gasteiger partial charge in [0.25, 0.3) is 5.56 Å². The Morgan fingerprint density at radius 1 is 1.38 bits per heavy atom. The van der Waals surface area contributed by atoms with E-state index in [4.69, 9.17) is 0 Å². The maximum atomic E-state index is 12.7. The van der Waals surface area contributed by atoms with E-state index in [9.17, 15) is 9.59 Å². The Labute approximate surface area is 161 Å². The first-order chi connectivity index (χ1) is 12.2. The number of halogens is 1. The zero-order chi connectivity index (χ0) is 18.7. The summed E-state index contributed by atoms with van der Waals surface area (Å²) in [5.41, 5.74) is 0.826. The molecule has 4 rings (SSSR count). The highest BCUT2D eigenvalue weighted by Gasteiger charge is 2.61. The lowest BCUT2D eigenvalue weighted by Gasteiger charge is -2.39. The highest BCUT2D eigenvalue weighted by atomic mass is 79.9. The molecule has 3 unspecified atom stereocenters. The number of carbonyl (C=O) groups excluding carboxylic acids is 1. The lowest BCUT2D eigenvalue weighted by atomic mass is 9.69. The van der Waals surface area contributed by atoms with Crippen molar-refractivity contribution in [2.45, 2.75) is 52.6 Å². The van der Waals surface area contributed by atoms with Crippen molar-refractivity contribution in [1.82, 2.24) is 14.9 Å². The number of nitrogens with one attached hydrogen (secondary N) is 1. The van der Waals surface area contributed by atoms with Crippen LogP contribution in [0.5, 0.6) is 0 Å². The largest absolute Gasteiger partial charge is 0.351 e. The van der Waals surface area contributed by atoms with Crippen LogP contribution in [-0.2, 0) is 11.3 Å². The molecule has 2 bridgehead atoms. The van der Waals surface area contributed by atoms with Gasteiger partial charge < -0.3 is 5.32 Å².